The van der Waals surface area contributed by atoms with Crippen LogP contribution in [0.4, 0.5) is 0 Å². The monoisotopic (exact) mass is 385 g/mol. The Labute approximate surface area is 161 Å². The first-order valence-electron chi connectivity index (χ1n) is 9.04. The summed E-state index contributed by atoms with van der Waals surface area (Å²) in [6, 6.07) is 8.68. The van der Waals surface area contributed by atoms with Gasteiger partial charge in [-0.1, -0.05) is 23.7 Å². The number of H-pyrrole nitrogens is 1. The lowest BCUT2D eigenvalue weighted by Crippen LogP contribution is -2.39. The summed E-state index contributed by atoms with van der Waals surface area (Å²) >= 11 is 6.09. The van der Waals surface area contributed by atoms with Gasteiger partial charge in [-0.25, -0.2) is 0 Å². The van der Waals surface area contributed by atoms with Gasteiger partial charge in [0.05, 0.1) is 11.5 Å². The van der Waals surface area contributed by atoms with Crippen LogP contribution in [0.2, 0.25) is 5.02 Å². The summed E-state index contributed by atoms with van der Waals surface area (Å²) in [6.45, 7) is 0. The van der Waals surface area contributed by atoms with Crippen LogP contribution in [0.5, 0.6) is 0 Å². The van der Waals surface area contributed by atoms with Gasteiger partial charge in [-0.15, -0.1) is 0 Å². The van der Waals surface area contributed by atoms with E-state index in [9.17, 15) is 14.4 Å². The summed E-state index contributed by atoms with van der Waals surface area (Å²) in [5.74, 6) is -0.818. The average Bonchev–Trinajstić information content (AvgIpc) is 3.43. The number of aromatic nitrogens is 1. The van der Waals surface area contributed by atoms with E-state index in [4.69, 9.17) is 17.3 Å². The van der Waals surface area contributed by atoms with Gasteiger partial charge in [0, 0.05) is 10.7 Å². The number of aromatic amines is 1. The molecule has 0 aliphatic heterocycles. The summed E-state index contributed by atoms with van der Waals surface area (Å²) in [6.07, 6.45) is 3.84. The van der Waals surface area contributed by atoms with E-state index in [2.05, 4.69) is 10.3 Å². The second kappa shape index (κ2) is 6.53. The smallest absolute Gasteiger partial charge is 0.261 e. The van der Waals surface area contributed by atoms with Gasteiger partial charge >= 0.3 is 0 Å². The van der Waals surface area contributed by atoms with E-state index in [-0.39, 0.29) is 17.5 Å². The fourth-order valence-electron chi connectivity index (χ4n) is 3.93. The molecule has 0 radical (unpaired) electrons. The summed E-state index contributed by atoms with van der Waals surface area (Å²) < 4.78 is 0. The zero-order chi connectivity index (χ0) is 19.2. The first kappa shape index (κ1) is 17.8. The van der Waals surface area contributed by atoms with Gasteiger partial charge in [-0.3, -0.25) is 14.4 Å². The van der Waals surface area contributed by atoms with E-state index < -0.39 is 16.9 Å². The van der Waals surface area contributed by atoms with Gasteiger partial charge in [-0.2, -0.15) is 0 Å². The molecule has 0 bridgehead atoms. The maximum Gasteiger partial charge on any atom is 0.261 e. The maximum absolute atomic E-state index is 13.1. The van der Waals surface area contributed by atoms with E-state index in [1.165, 1.54) is 6.07 Å². The highest BCUT2D eigenvalue weighted by Gasteiger charge is 2.51. The second-order valence-corrected chi connectivity index (χ2v) is 7.76. The van der Waals surface area contributed by atoms with Gasteiger partial charge < -0.3 is 16.0 Å². The molecular formula is C20H20ClN3O3. The summed E-state index contributed by atoms with van der Waals surface area (Å²) in [5, 5.41) is 3.73. The van der Waals surface area contributed by atoms with E-state index in [0.29, 0.717) is 11.4 Å². The first-order chi connectivity index (χ1) is 12.9. The van der Waals surface area contributed by atoms with Gasteiger partial charge in [0.25, 0.3) is 11.5 Å². The Morgan fingerprint density at radius 2 is 2.04 bits per heavy atom. The van der Waals surface area contributed by atoms with Crippen molar-refractivity contribution in [1.82, 2.24) is 10.3 Å². The molecule has 1 fully saturated rings. The number of nitrogens with two attached hydrogens (primary N) is 1. The van der Waals surface area contributed by atoms with Gasteiger partial charge in [0.15, 0.2) is 0 Å². The SMILES string of the molecule is NC(=O)c1cc2c([nH]c1=O)CCC[C@H]2NC(=O)C1(c2cccc(Cl)c2)CC1. The lowest BCUT2D eigenvalue weighted by Gasteiger charge is -2.28. The van der Waals surface area contributed by atoms with Crippen molar-refractivity contribution in [2.45, 2.75) is 43.6 Å². The number of fused-ring (bicyclic) bond motifs is 1. The average molecular weight is 386 g/mol. The van der Waals surface area contributed by atoms with Crippen LogP contribution in [0.1, 0.15) is 58.9 Å². The Hall–Kier alpha value is -2.60. The van der Waals surface area contributed by atoms with E-state index in [1.807, 2.05) is 18.2 Å². The normalized spacial score (nSPS) is 19.8. The molecule has 140 valence electrons. The van der Waals surface area contributed by atoms with Crippen LogP contribution >= 0.6 is 11.6 Å². The molecule has 2 aromatic rings. The molecule has 2 aliphatic carbocycles. The molecule has 27 heavy (non-hydrogen) atoms. The highest BCUT2D eigenvalue weighted by molar-refractivity contribution is 6.30. The van der Waals surface area contributed by atoms with Crippen molar-refractivity contribution in [3.05, 3.63) is 68.1 Å². The summed E-state index contributed by atoms with van der Waals surface area (Å²) in [4.78, 5) is 39.4. The van der Waals surface area contributed by atoms with E-state index in [0.717, 1.165) is 42.5 Å². The number of hydrogen-bond acceptors (Lipinski definition) is 3. The maximum atomic E-state index is 13.1. The molecule has 0 saturated heterocycles. The third kappa shape index (κ3) is 3.14. The van der Waals surface area contributed by atoms with Crippen molar-refractivity contribution in [3.8, 4) is 0 Å². The Kier molecular flexibility index (Phi) is 4.30. The largest absolute Gasteiger partial charge is 0.365 e. The van der Waals surface area contributed by atoms with Crippen LogP contribution in [0.3, 0.4) is 0 Å². The Bertz CT molecular complexity index is 994. The number of nitrogens with one attached hydrogen (secondary N) is 2. The van der Waals surface area contributed by atoms with Crippen molar-refractivity contribution in [3.63, 3.8) is 0 Å². The van der Waals surface area contributed by atoms with Crippen LogP contribution in [0, 0.1) is 0 Å². The van der Waals surface area contributed by atoms with E-state index in [1.54, 1.807) is 6.07 Å². The Balaban J connectivity index is 1.63. The predicted octanol–water partition coefficient (Wildman–Crippen LogP) is 2.35. The highest BCUT2D eigenvalue weighted by Crippen LogP contribution is 2.49. The topological polar surface area (TPSA) is 105 Å². The number of primary amides is 1. The number of hydrogen-bond donors (Lipinski definition) is 3. The highest BCUT2D eigenvalue weighted by atomic mass is 35.5. The molecule has 1 heterocycles. The number of benzene rings is 1. The lowest BCUT2D eigenvalue weighted by atomic mass is 9.88. The fraction of sp³-hybridized carbons (Fsp3) is 0.350. The standard InChI is InChI=1S/C20H20ClN3O3/c21-12-4-1-3-11(9-12)20(7-8-20)19(27)24-16-6-2-5-15-13(16)10-14(17(22)25)18(26)23-15/h1,3-4,9-10,16H,2,5-8H2,(H2,22,25)(H,23,26)(H,24,27)/t16-/m1/s1. The zero-order valence-corrected chi connectivity index (χ0v) is 15.4. The van der Waals surface area contributed by atoms with Crippen molar-refractivity contribution < 1.29 is 9.59 Å². The minimum Gasteiger partial charge on any atom is -0.365 e. The minimum absolute atomic E-state index is 0.0468. The lowest BCUT2D eigenvalue weighted by molar-refractivity contribution is -0.124. The van der Waals surface area contributed by atoms with E-state index >= 15 is 0 Å². The quantitative estimate of drug-likeness (QED) is 0.752. The summed E-state index contributed by atoms with van der Waals surface area (Å²) in [5.41, 5.74) is 6.65. The van der Waals surface area contributed by atoms with Crippen LogP contribution in [0.25, 0.3) is 0 Å². The van der Waals surface area contributed by atoms with Crippen molar-refractivity contribution in [2.24, 2.45) is 5.73 Å². The minimum atomic E-state index is -0.771. The molecule has 4 N–H and O–H groups in total. The first-order valence-corrected chi connectivity index (χ1v) is 9.41. The molecule has 2 aliphatic rings. The molecule has 7 heteroatoms. The molecule has 1 atom stereocenters. The van der Waals surface area contributed by atoms with Crippen LogP contribution in [0.15, 0.2) is 35.1 Å². The molecule has 2 amide bonds. The van der Waals surface area contributed by atoms with Crippen LogP contribution in [-0.2, 0) is 16.6 Å². The van der Waals surface area contributed by atoms with Crippen molar-refractivity contribution in [2.75, 3.05) is 0 Å². The Morgan fingerprint density at radius 1 is 1.26 bits per heavy atom. The van der Waals surface area contributed by atoms with Crippen molar-refractivity contribution >= 4 is 23.4 Å². The van der Waals surface area contributed by atoms with Crippen molar-refractivity contribution in [1.29, 1.82) is 0 Å². The molecule has 1 aromatic heterocycles. The number of halogens is 1. The number of carbonyl (C=O) groups is 2. The molecule has 1 saturated carbocycles. The summed E-state index contributed by atoms with van der Waals surface area (Å²) in [7, 11) is 0. The molecule has 0 unspecified atom stereocenters. The number of aryl methyl sites for hydroxylation is 1. The molecule has 0 spiro atoms. The number of pyridine rings is 1. The predicted molar refractivity (Wildman–Crippen MR) is 102 cm³/mol. The third-order valence-corrected chi connectivity index (χ3v) is 5.82. The van der Waals surface area contributed by atoms with Gasteiger partial charge in [0.2, 0.25) is 5.91 Å². The number of amides is 2. The second-order valence-electron chi connectivity index (χ2n) is 7.32. The fourth-order valence-corrected chi connectivity index (χ4v) is 4.12. The van der Waals surface area contributed by atoms with Gasteiger partial charge in [-0.05, 0) is 61.4 Å². The van der Waals surface area contributed by atoms with Gasteiger partial charge in [0.1, 0.15) is 5.56 Å². The molecule has 1 aromatic carbocycles. The molecule has 4 rings (SSSR count). The molecule has 6 nitrogen and oxygen atoms in total. The molecular weight excluding hydrogens is 366 g/mol. The third-order valence-electron chi connectivity index (χ3n) is 5.58. The number of carbonyl (C=O) groups excluding carboxylic acids is 2. The number of rotatable bonds is 4. The van der Waals surface area contributed by atoms with Crippen LogP contribution < -0.4 is 16.6 Å². The zero-order valence-electron chi connectivity index (χ0n) is 14.7. The van der Waals surface area contributed by atoms with Crippen LogP contribution in [-0.4, -0.2) is 16.8 Å². The Morgan fingerprint density at radius 3 is 2.70 bits per heavy atom.